The SMILES string of the molecule is CC(C)(C)Cc1cc2c3cc4c(cc3c(C(C)(C)C)cc2c2ccccc12)-c1cccc2cccc-4c12. The van der Waals surface area contributed by atoms with Gasteiger partial charge in [0.15, 0.2) is 0 Å². The Balaban J connectivity index is 1.67. The Hall–Kier alpha value is -3.64. The van der Waals surface area contributed by atoms with Gasteiger partial charge in [-0.15, -0.1) is 0 Å². The molecule has 0 nitrogen and oxygen atoms in total. The molecule has 0 unspecified atom stereocenters. The average Bonchev–Trinajstić information content (AvgIpc) is 3.16. The van der Waals surface area contributed by atoms with Crippen molar-refractivity contribution in [1.29, 1.82) is 0 Å². The van der Waals surface area contributed by atoms with E-state index >= 15 is 0 Å². The lowest BCUT2D eigenvalue weighted by atomic mass is 9.79. The molecular weight excluding hydrogens is 444 g/mol. The van der Waals surface area contributed by atoms with E-state index in [0.29, 0.717) is 0 Å². The van der Waals surface area contributed by atoms with Crippen LogP contribution < -0.4 is 0 Å². The quantitative estimate of drug-likeness (QED) is 0.206. The standard InChI is InChI=1S/C37H34/c1-36(2,3)21-23-17-28-31-18-29-26-15-9-11-22-12-10-16-27(35(22)26)30(29)19-33(31)34(37(4,5)6)20-32(28)25-14-8-7-13-24(23)25/h7-20H,21H2,1-6H3. The zero-order valence-corrected chi connectivity index (χ0v) is 22.8. The van der Waals surface area contributed by atoms with Crippen LogP contribution in [-0.2, 0) is 11.8 Å². The normalized spacial score (nSPS) is 13.2. The Bertz CT molecular complexity index is 1900. The van der Waals surface area contributed by atoms with E-state index in [1.807, 2.05) is 0 Å². The molecule has 0 aromatic heterocycles. The second kappa shape index (κ2) is 7.45. The summed E-state index contributed by atoms with van der Waals surface area (Å²) in [7, 11) is 0. The van der Waals surface area contributed by atoms with Crippen LogP contribution in [0.5, 0.6) is 0 Å². The van der Waals surface area contributed by atoms with E-state index in [1.54, 1.807) is 0 Å². The number of hydrogen-bond donors (Lipinski definition) is 0. The van der Waals surface area contributed by atoms with Gasteiger partial charge in [-0.1, -0.05) is 102 Å². The van der Waals surface area contributed by atoms with Gasteiger partial charge in [0.1, 0.15) is 0 Å². The highest BCUT2D eigenvalue weighted by Crippen LogP contribution is 2.51. The highest BCUT2D eigenvalue weighted by molar-refractivity contribution is 6.23. The minimum absolute atomic E-state index is 0.0311. The predicted molar refractivity (Wildman–Crippen MR) is 163 cm³/mol. The number of fused-ring (bicyclic) bond motifs is 8. The molecule has 0 saturated carbocycles. The van der Waals surface area contributed by atoms with Crippen LogP contribution in [0.4, 0.5) is 0 Å². The molecule has 0 amide bonds. The van der Waals surface area contributed by atoms with Crippen LogP contribution in [0.15, 0.2) is 84.9 Å². The molecule has 0 atom stereocenters. The van der Waals surface area contributed by atoms with Crippen LogP contribution in [0.25, 0.3) is 65.3 Å². The lowest BCUT2D eigenvalue weighted by Gasteiger charge is -2.25. The zero-order chi connectivity index (χ0) is 25.7. The molecule has 0 spiro atoms. The first-order valence-corrected chi connectivity index (χ1v) is 13.6. The monoisotopic (exact) mass is 478 g/mol. The zero-order valence-electron chi connectivity index (χ0n) is 22.8. The van der Waals surface area contributed by atoms with Gasteiger partial charge in [-0.3, -0.25) is 0 Å². The summed E-state index contributed by atoms with van der Waals surface area (Å²) < 4.78 is 0. The minimum Gasteiger partial charge on any atom is -0.0616 e. The molecule has 7 rings (SSSR count). The fourth-order valence-electron chi connectivity index (χ4n) is 6.69. The van der Waals surface area contributed by atoms with Gasteiger partial charge in [0.25, 0.3) is 0 Å². The smallest absolute Gasteiger partial charge is 0.00264 e. The van der Waals surface area contributed by atoms with Gasteiger partial charge < -0.3 is 0 Å². The maximum atomic E-state index is 2.51. The summed E-state index contributed by atoms with van der Waals surface area (Å²) in [6, 6.07) is 32.5. The van der Waals surface area contributed by atoms with Gasteiger partial charge in [-0.25, -0.2) is 0 Å². The Morgan fingerprint density at radius 1 is 0.486 bits per heavy atom. The van der Waals surface area contributed by atoms with Crippen LogP contribution in [-0.4, -0.2) is 0 Å². The van der Waals surface area contributed by atoms with Crippen molar-refractivity contribution in [2.45, 2.75) is 53.4 Å². The van der Waals surface area contributed by atoms with Gasteiger partial charge in [0.05, 0.1) is 0 Å². The van der Waals surface area contributed by atoms with Crippen LogP contribution in [0.2, 0.25) is 0 Å². The number of rotatable bonds is 1. The Labute approximate surface area is 219 Å². The second-order valence-corrected chi connectivity index (χ2v) is 13.2. The molecule has 1 aliphatic rings. The van der Waals surface area contributed by atoms with Crippen LogP contribution in [0, 0.1) is 5.41 Å². The third kappa shape index (κ3) is 3.35. The molecule has 0 saturated heterocycles. The van der Waals surface area contributed by atoms with Gasteiger partial charge in [0.2, 0.25) is 0 Å². The van der Waals surface area contributed by atoms with Gasteiger partial charge >= 0.3 is 0 Å². The average molecular weight is 479 g/mol. The fraction of sp³-hybridized carbons (Fsp3) is 0.243. The minimum atomic E-state index is 0.0311. The Morgan fingerprint density at radius 2 is 1.05 bits per heavy atom. The summed E-state index contributed by atoms with van der Waals surface area (Å²) in [5, 5.41) is 11.0. The molecule has 0 heterocycles. The molecule has 0 bridgehead atoms. The van der Waals surface area contributed by atoms with Crippen LogP contribution >= 0.6 is 0 Å². The first-order chi connectivity index (χ1) is 17.6. The lowest BCUT2D eigenvalue weighted by molar-refractivity contribution is 0.413. The fourth-order valence-corrected chi connectivity index (χ4v) is 6.69. The summed E-state index contributed by atoms with van der Waals surface area (Å²) in [5.41, 5.74) is 8.62. The molecule has 37 heavy (non-hydrogen) atoms. The van der Waals surface area contributed by atoms with E-state index < -0.39 is 0 Å². The topological polar surface area (TPSA) is 0 Å². The van der Waals surface area contributed by atoms with Crippen molar-refractivity contribution < 1.29 is 0 Å². The molecule has 0 heteroatoms. The van der Waals surface area contributed by atoms with Gasteiger partial charge in [0, 0.05) is 0 Å². The summed E-state index contributed by atoms with van der Waals surface area (Å²) in [6.07, 6.45) is 1.06. The van der Waals surface area contributed by atoms with Gasteiger partial charge in [-0.05, 0) is 118 Å². The van der Waals surface area contributed by atoms with E-state index in [-0.39, 0.29) is 10.8 Å². The molecule has 182 valence electrons. The lowest BCUT2D eigenvalue weighted by Crippen LogP contribution is -2.12. The van der Waals surface area contributed by atoms with Crippen molar-refractivity contribution >= 4 is 43.1 Å². The Kier molecular flexibility index (Phi) is 4.54. The molecule has 0 N–H and O–H groups in total. The molecule has 6 aromatic rings. The largest absolute Gasteiger partial charge is 0.0616 e. The van der Waals surface area contributed by atoms with Crippen molar-refractivity contribution in [3.63, 3.8) is 0 Å². The maximum absolute atomic E-state index is 2.51. The van der Waals surface area contributed by atoms with Crippen molar-refractivity contribution in [3.05, 3.63) is 96.1 Å². The molecule has 0 aliphatic heterocycles. The molecule has 6 aromatic carbocycles. The summed E-state index contributed by atoms with van der Waals surface area (Å²) in [6.45, 7) is 14.1. The third-order valence-corrected chi connectivity index (χ3v) is 8.21. The van der Waals surface area contributed by atoms with Crippen molar-refractivity contribution in [3.8, 4) is 22.3 Å². The predicted octanol–water partition coefficient (Wildman–Crippen LogP) is 10.8. The summed E-state index contributed by atoms with van der Waals surface area (Å²) >= 11 is 0. The van der Waals surface area contributed by atoms with E-state index in [1.165, 1.54) is 76.5 Å². The van der Waals surface area contributed by atoms with E-state index in [9.17, 15) is 0 Å². The highest BCUT2D eigenvalue weighted by Gasteiger charge is 2.26. The molecule has 1 aliphatic carbocycles. The molecule has 0 fully saturated rings. The maximum Gasteiger partial charge on any atom is -0.00264 e. The summed E-state index contributed by atoms with van der Waals surface area (Å²) in [4.78, 5) is 0. The van der Waals surface area contributed by atoms with E-state index in [0.717, 1.165) is 6.42 Å². The van der Waals surface area contributed by atoms with Crippen LogP contribution in [0.3, 0.4) is 0 Å². The molecule has 0 radical (unpaired) electrons. The van der Waals surface area contributed by atoms with E-state index in [2.05, 4.69) is 126 Å². The van der Waals surface area contributed by atoms with Crippen molar-refractivity contribution in [2.75, 3.05) is 0 Å². The third-order valence-electron chi connectivity index (χ3n) is 8.21. The van der Waals surface area contributed by atoms with E-state index in [4.69, 9.17) is 0 Å². The first kappa shape index (κ1) is 22.5. The first-order valence-electron chi connectivity index (χ1n) is 13.6. The van der Waals surface area contributed by atoms with Crippen LogP contribution in [0.1, 0.15) is 52.7 Å². The van der Waals surface area contributed by atoms with Gasteiger partial charge in [-0.2, -0.15) is 0 Å². The summed E-state index contributed by atoms with van der Waals surface area (Å²) in [5.74, 6) is 0. The molecular formula is C37H34. The number of benzene rings is 6. The second-order valence-electron chi connectivity index (χ2n) is 13.2. The number of hydrogen-bond acceptors (Lipinski definition) is 0. The highest BCUT2D eigenvalue weighted by atomic mass is 14.3. The Morgan fingerprint density at radius 3 is 1.68 bits per heavy atom. The van der Waals surface area contributed by atoms with Crippen molar-refractivity contribution in [2.24, 2.45) is 5.41 Å². The van der Waals surface area contributed by atoms with Crippen molar-refractivity contribution in [1.82, 2.24) is 0 Å².